The zero-order valence-electron chi connectivity index (χ0n) is 11.8. The molecule has 0 aliphatic heterocycles. The van der Waals surface area contributed by atoms with Crippen LogP contribution in [0.5, 0.6) is 5.75 Å². The van der Waals surface area contributed by atoms with Crippen LogP contribution >= 0.6 is 0 Å². The first-order chi connectivity index (χ1) is 9.67. The topological polar surface area (TPSA) is 74.2 Å². The Kier molecular flexibility index (Phi) is 3.44. The number of aryl methyl sites for hydroxylation is 1. The third kappa shape index (κ3) is 2.67. The van der Waals surface area contributed by atoms with Crippen molar-refractivity contribution in [2.45, 2.75) is 32.2 Å². The summed E-state index contributed by atoms with van der Waals surface area (Å²) >= 11 is 0. The molecule has 1 aromatic carbocycles. The van der Waals surface area contributed by atoms with Gasteiger partial charge in [0.25, 0.3) is 0 Å². The molecule has 0 bridgehead atoms. The van der Waals surface area contributed by atoms with Gasteiger partial charge in [0, 0.05) is 18.0 Å². The van der Waals surface area contributed by atoms with Crippen LogP contribution in [0.1, 0.15) is 24.3 Å². The Balaban J connectivity index is 1.77. The van der Waals surface area contributed by atoms with Crippen molar-refractivity contribution in [3.8, 4) is 17.1 Å². The Morgan fingerprint density at radius 3 is 2.90 bits per heavy atom. The predicted molar refractivity (Wildman–Crippen MR) is 75.4 cm³/mol. The van der Waals surface area contributed by atoms with Crippen LogP contribution in [0.4, 0.5) is 0 Å². The van der Waals surface area contributed by atoms with Crippen molar-refractivity contribution in [3.05, 3.63) is 29.7 Å². The Morgan fingerprint density at radius 1 is 1.45 bits per heavy atom. The molecule has 3 rings (SSSR count). The van der Waals surface area contributed by atoms with Crippen LogP contribution in [-0.2, 0) is 6.42 Å². The zero-order chi connectivity index (χ0) is 14.1. The molecule has 0 radical (unpaired) electrons. The van der Waals surface area contributed by atoms with Gasteiger partial charge < -0.3 is 15.0 Å². The molecule has 0 saturated heterocycles. The van der Waals surface area contributed by atoms with E-state index in [1.165, 1.54) is 12.8 Å². The first-order valence-corrected chi connectivity index (χ1v) is 6.90. The van der Waals surface area contributed by atoms with Gasteiger partial charge in [-0.15, -0.1) is 0 Å². The molecule has 5 heteroatoms. The molecule has 2 aromatic rings. The van der Waals surface area contributed by atoms with Crippen molar-refractivity contribution in [2.75, 3.05) is 7.11 Å². The molecule has 1 fully saturated rings. The van der Waals surface area contributed by atoms with Crippen molar-refractivity contribution < 1.29 is 9.26 Å². The maximum absolute atomic E-state index is 6.08. The average Bonchev–Trinajstić information content (AvgIpc) is 3.19. The number of hydrogen-bond acceptors (Lipinski definition) is 5. The van der Waals surface area contributed by atoms with E-state index in [4.69, 9.17) is 15.0 Å². The Hall–Kier alpha value is -1.88. The Bertz CT molecular complexity index is 605. The molecule has 1 aliphatic carbocycles. The monoisotopic (exact) mass is 273 g/mol. The average molecular weight is 273 g/mol. The molecular formula is C15H19N3O2. The highest BCUT2D eigenvalue weighted by atomic mass is 16.5. The van der Waals surface area contributed by atoms with E-state index in [-0.39, 0.29) is 6.04 Å². The van der Waals surface area contributed by atoms with E-state index in [0.29, 0.717) is 24.1 Å². The van der Waals surface area contributed by atoms with Gasteiger partial charge >= 0.3 is 0 Å². The Morgan fingerprint density at radius 2 is 2.25 bits per heavy atom. The second-order valence-electron chi connectivity index (χ2n) is 5.40. The van der Waals surface area contributed by atoms with Crippen molar-refractivity contribution in [3.63, 3.8) is 0 Å². The van der Waals surface area contributed by atoms with Crippen LogP contribution in [0.15, 0.2) is 22.7 Å². The van der Waals surface area contributed by atoms with Crippen LogP contribution in [-0.4, -0.2) is 23.3 Å². The largest absolute Gasteiger partial charge is 0.496 e. The summed E-state index contributed by atoms with van der Waals surface area (Å²) < 4.78 is 10.5. The van der Waals surface area contributed by atoms with E-state index in [1.54, 1.807) is 7.11 Å². The summed E-state index contributed by atoms with van der Waals surface area (Å²) in [5.41, 5.74) is 8.05. The number of methoxy groups -OCH3 is 1. The number of hydrogen-bond donors (Lipinski definition) is 1. The number of benzene rings is 1. The minimum absolute atomic E-state index is 0.140. The highest BCUT2D eigenvalue weighted by molar-refractivity contribution is 5.58. The molecule has 5 nitrogen and oxygen atoms in total. The van der Waals surface area contributed by atoms with E-state index in [9.17, 15) is 0 Å². The molecule has 1 aromatic heterocycles. The molecule has 1 saturated carbocycles. The molecule has 1 unspecified atom stereocenters. The summed E-state index contributed by atoms with van der Waals surface area (Å²) in [5, 5.41) is 4.03. The van der Waals surface area contributed by atoms with Crippen LogP contribution in [0, 0.1) is 12.8 Å². The predicted octanol–water partition coefficient (Wildman–Crippen LogP) is 2.33. The van der Waals surface area contributed by atoms with Gasteiger partial charge in [-0.2, -0.15) is 4.98 Å². The highest BCUT2D eigenvalue weighted by Crippen LogP contribution is 2.33. The standard InChI is InChI=1S/C15H19N3O2/c1-9-7-11(5-6-13(9)19-2)15-17-14(20-18-15)8-12(16)10-3-4-10/h5-7,10,12H,3-4,8,16H2,1-2H3. The summed E-state index contributed by atoms with van der Waals surface area (Å²) in [6.07, 6.45) is 3.10. The van der Waals surface area contributed by atoms with Gasteiger partial charge in [-0.05, 0) is 49.4 Å². The number of ether oxygens (including phenoxy) is 1. The van der Waals surface area contributed by atoms with E-state index in [2.05, 4.69) is 10.1 Å². The third-order valence-electron chi connectivity index (χ3n) is 3.76. The minimum Gasteiger partial charge on any atom is -0.496 e. The van der Waals surface area contributed by atoms with Gasteiger partial charge in [0.15, 0.2) is 0 Å². The molecule has 1 aliphatic rings. The Labute approximate surface area is 118 Å². The second-order valence-corrected chi connectivity index (χ2v) is 5.40. The fourth-order valence-corrected chi connectivity index (χ4v) is 2.37. The summed E-state index contributed by atoms with van der Waals surface area (Å²) in [6, 6.07) is 5.98. The number of rotatable bonds is 5. The molecule has 1 heterocycles. The highest BCUT2D eigenvalue weighted by Gasteiger charge is 2.29. The van der Waals surface area contributed by atoms with E-state index in [0.717, 1.165) is 16.9 Å². The maximum atomic E-state index is 6.08. The van der Waals surface area contributed by atoms with Crippen LogP contribution in [0.3, 0.4) is 0 Å². The van der Waals surface area contributed by atoms with Gasteiger partial charge in [-0.25, -0.2) is 0 Å². The minimum atomic E-state index is 0.140. The maximum Gasteiger partial charge on any atom is 0.228 e. The molecule has 2 N–H and O–H groups in total. The van der Waals surface area contributed by atoms with Crippen molar-refractivity contribution in [1.82, 2.24) is 10.1 Å². The van der Waals surface area contributed by atoms with Gasteiger partial charge in [-0.1, -0.05) is 5.16 Å². The van der Waals surface area contributed by atoms with Gasteiger partial charge in [-0.3, -0.25) is 0 Å². The molecule has 106 valence electrons. The van der Waals surface area contributed by atoms with Crippen LogP contribution in [0.25, 0.3) is 11.4 Å². The number of aromatic nitrogens is 2. The number of nitrogens with zero attached hydrogens (tertiary/aromatic N) is 2. The lowest BCUT2D eigenvalue weighted by Gasteiger charge is -2.05. The first kappa shape index (κ1) is 13.1. The normalized spacial score (nSPS) is 16.1. The third-order valence-corrected chi connectivity index (χ3v) is 3.76. The zero-order valence-corrected chi connectivity index (χ0v) is 11.8. The molecule has 1 atom stereocenters. The summed E-state index contributed by atoms with van der Waals surface area (Å²) in [7, 11) is 1.66. The first-order valence-electron chi connectivity index (χ1n) is 6.90. The smallest absolute Gasteiger partial charge is 0.228 e. The molecule has 0 spiro atoms. The fraction of sp³-hybridized carbons (Fsp3) is 0.467. The number of nitrogens with two attached hydrogens (primary N) is 1. The van der Waals surface area contributed by atoms with Gasteiger partial charge in [0.05, 0.1) is 7.11 Å². The van der Waals surface area contributed by atoms with Crippen LogP contribution < -0.4 is 10.5 Å². The fourth-order valence-electron chi connectivity index (χ4n) is 2.37. The van der Waals surface area contributed by atoms with Gasteiger partial charge in [0.2, 0.25) is 11.7 Å². The lowest BCUT2D eigenvalue weighted by Crippen LogP contribution is -2.25. The lowest BCUT2D eigenvalue weighted by atomic mass is 10.1. The van der Waals surface area contributed by atoms with Crippen molar-refractivity contribution >= 4 is 0 Å². The summed E-state index contributed by atoms with van der Waals surface area (Å²) in [4.78, 5) is 4.43. The van der Waals surface area contributed by atoms with Crippen molar-refractivity contribution in [1.29, 1.82) is 0 Å². The summed E-state index contributed by atoms with van der Waals surface area (Å²) in [5.74, 6) is 2.71. The van der Waals surface area contributed by atoms with E-state index >= 15 is 0 Å². The lowest BCUT2D eigenvalue weighted by molar-refractivity contribution is 0.364. The van der Waals surface area contributed by atoms with Gasteiger partial charge in [0.1, 0.15) is 5.75 Å². The molecule has 0 amide bonds. The quantitative estimate of drug-likeness (QED) is 0.905. The van der Waals surface area contributed by atoms with Crippen molar-refractivity contribution in [2.24, 2.45) is 11.7 Å². The van der Waals surface area contributed by atoms with E-state index in [1.807, 2.05) is 25.1 Å². The molecule has 20 heavy (non-hydrogen) atoms. The summed E-state index contributed by atoms with van der Waals surface area (Å²) in [6.45, 7) is 1.99. The SMILES string of the molecule is COc1ccc(-c2noc(CC(N)C3CC3)n2)cc1C. The second kappa shape index (κ2) is 5.25. The molecular weight excluding hydrogens is 254 g/mol. The van der Waals surface area contributed by atoms with E-state index < -0.39 is 0 Å². The van der Waals surface area contributed by atoms with Crippen LogP contribution in [0.2, 0.25) is 0 Å².